The number of nitrogens with zero attached hydrogens (tertiary/aromatic N) is 1. The minimum absolute atomic E-state index is 0.118. The lowest BCUT2D eigenvalue weighted by atomic mass is 9.73. The summed E-state index contributed by atoms with van der Waals surface area (Å²) < 4.78 is 10.4. The maximum atomic E-state index is 13.4. The lowest BCUT2D eigenvalue weighted by molar-refractivity contribution is -0.122. The van der Waals surface area contributed by atoms with Crippen LogP contribution in [0.15, 0.2) is 78.9 Å². The number of rotatable bonds is 9. The largest absolute Gasteiger partial charge is 0.462 e. The van der Waals surface area contributed by atoms with E-state index in [1.807, 2.05) is 32.0 Å². The van der Waals surface area contributed by atoms with Gasteiger partial charge in [-0.1, -0.05) is 50.2 Å². The predicted octanol–water partition coefficient (Wildman–Crippen LogP) is 5.37. The van der Waals surface area contributed by atoms with E-state index in [0.29, 0.717) is 36.4 Å². The van der Waals surface area contributed by atoms with Crippen molar-refractivity contribution in [1.82, 2.24) is 0 Å². The van der Waals surface area contributed by atoms with Gasteiger partial charge in [0.25, 0.3) is 5.91 Å². The average molecular weight is 583 g/mol. The standard InChI is InChI=1S/C34H34N2O7/c1-21(2)19-42-33(40)23-11-14-26(15-12-23)35-30(37)20-43-34(41)25-9-6-10-27(17-25)36-31(38)28-16-13-24(18-29(28)32(36)39)22-7-4-3-5-8-22/h3-12,14-15,17,21,24,28-29H,13,16,18-20H2,1-2H3,(H,35,37)/t24-,28-,29+/m1/s1. The van der Waals surface area contributed by atoms with Crippen LogP contribution in [0.1, 0.15) is 65.3 Å². The summed E-state index contributed by atoms with van der Waals surface area (Å²) in [6, 6.07) is 22.4. The Kier molecular flexibility index (Phi) is 8.99. The number of ether oxygens (including phenoxy) is 2. The minimum atomic E-state index is -0.763. The summed E-state index contributed by atoms with van der Waals surface area (Å²) in [5, 5.41) is 2.61. The first-order valence-electron chi connectivity index (χ1n) is 14.5. The first kappa shape index (κ1) is 29.7. The van der Waals surface area contributed by atoms with Gasteiger partial charge in [-0.2, -0.15) is 0 Å². The normalized spacial score (nSPS) is 19.6. The van der Waals surface area contributed by atoms with Crippen LogP contribution < -0.4 is 10.2 Å². The van der Waals surface area contributed by atoms with Crippen molar-refractivity contribution in [2.24, 2.45) is 17.8 Å². The van der Waals surface area contributed by atoms with E-state index in [9.17, 15) is 24.0 Å². The Hall–Kier alpha value is -4.79. The molecule has 1 heterocycles. The molecule has 5 rings (SSSR count). The number of amides is 3. The van der Waals surface area contributed by atoms with E-state index in [-0.39, 0.29) is 35.1 Å². The molecular weight excluding hydrogens is 548 g/mol. The van der Waals surface area contributed by atoms with Gasteiger partial charge in [-0.05, 0) is 79.1 Å². The SMILES string of the molecule is CC(C)COC(=O)c1ccc(NC(=O)COC(=O)c2cccc(N3C(=O)[C@H]4C[C@H](c5ccccc5)CC[C@H]4C3=O)c2)cc1. The summed E-state index contributed by atoms with van der Waals surface area (Å²) in [7, 11) is 0. The molecule has 0 aromatic heterocycles. The molecule has 3 aromatic carbocycles. The van der Waals surface area contributed by atoms with Gasteiger partial charge >= 0.3 is 11.9 Å². The van der Waals surface area contributed by atoms with Crippen LogP contribution >= 0.6 is 0 Å². The zero-order valence-electron chi connectivity index (χ0n) is 24.2. The van der Waals surface area contributed by atoms with Crippen molar-refractivity contribution in [2.45, 2.75) is 39.0 Å². The van der Waals surface area contributed by atoms with E-state index in [1.54, 1.807) is 24.3 Å². The topological polar surface area (TPSA) is 119 Å². The number of nitrogens with one attached hydrogen (secondary N) is 1. The lowest BCUT2D eigenvalue weighted by Gasteiger charge is -2.28. The van der Waals surface area contributed by atoms with Gasteiger partial charge in [-0.15, -0.1) is 0 Å². The Morgan fingerprint density at radius 3 is 2.23 bits per heavy atom. The first-order valence-corrected chi connectivity index (χ1v) is 14.5. The third-order valence-corrected chi connectivity index (χ3v) is 7.82. The summed E-state index contributed by atoms with van der Waals surface area (Å²) >= 11 is 0. The third-order valence-electron chi connectivity index (χ3n) is 7.82. The monoisotopic (exact) mass is 582 g/mol. The van der Waals surface area contributed by atoms with Gasteiger partial charge in [-0.3, -0.25) is 19.3 Å². The molecule has 2 aliphatic rings. The summed E-state index contributed by atoms with van der Waals surface area (Å²) in [4.78, 5) is 65.1. The highest BCUT2D eigenvalue weighted by molar-refractivity contribution is 6.22. The van der Waals surface area contributed by atoms with Crippen molar-refractivity contribution >= 4 is 41.0 Å². The average Bonchev–Trinajstić information content (AvgIpc) is 3.28. The van der Waals surface area contributed by atoms with Crippen molar-refractivity contribution < 1.29 is 33.4 Å². The molecule has 0 unspecified atom stereocenters. The second-order valence-electron chi connectivity index (χ2n) is 11.4. The van der Waals surface area contributed by atoms with Crippen LogP contribution in [0.3, 0.4) is 0 Å². The second kappa shape index (κ2) is 13.0. The molecule has 3 aromatic rings. The fraction of sp³-hybridized carbons (Fsp3) is 0.324. The Labute approximate surface area is 250 Å². The quantitative estimate of drug-likeness (QED) is 0.266. The number of carbonyl (C=O) groups is 5. The van der Waals surface area contributed by atoms with Crippen LogP contribution in [0.5, 0.6) is 0 Å². The zero-order valence-corrected chi connectivity index (χ0v) is 24.2. The Morgan fingerprint density at radius 1 is 0.814 bits per heavy atom. The fourth-order valence-corrected chi connectivity index (χ4v) is 5.66. The van der Waals surface area contributed by atoms with Gasteiger partial charge in [-0.25, -0.2) is 9.59 Å². The van der Waals surface area contributed by atoms with Gasteiger partial charge in [0, 0.05) is 5.69 Å². The van der Waals surface area contributed by atoms with Crippen LogP contribution in [0, 0.1) is 17.8 Å². The predicted molar refractivity (Wildman–Crippen MR) is 159 cm³/mol. The van der Waals surface area contributed by atoms with Crippen LogP contribution in [0.2, 0.25) is 0 Å². The van der Waals surface area contributed by atoms with Gasteiger partial charge in [0.1, 0.15) is 0 Å². The summed E-state index contributed by atoms with van der Waals surface area (Å²) in [6.45, 7) is 3.65. The number of hydrogen-bond acceptors (Lipinski definition) is 7. The lowest BCUT2D eigenvalue weighted by Crippen LogP contribution is -2.31. The molecule has 0 bridgehead atoms. The summed E-state index contributed by atoms with van der Waals surface area (Å²) in [5.74, 6) is -2.61. The molecule has 3 amide bonds. The van der Waals surface area contributed by atoms with Gasteiger partial charge < -0.3 is 14.8 Å². The Morgan fingerprint density at radius 2 is 1.51 bits per heavy atom. The molecular formula is C34H34N2O7. The Bertz CT molecular complexity index is 1520. The second-order valence-corrected chi connectivity index (χ2v) is 11.4. The van der Waals surface area contributed by atoms with E-state index in [1.165, 1.54) is 34.7 Å². The number of imide groups is 1. The summed E-state index contributed by atoms with van der Waals surface area (Å²) in [6.07, 6.45) is 2.08. The molecule has 2 fully saturated rings. The molecule has 1 saturated carbocycles. The van der Waals surface area contributed by atoms with Crippen molar-refractivity contribution in [3.05, 3.63) is 95.6 Å². The molecule has 1 saturated heterocycles. The highest BCUT2D eigenvalue weighted by Gasteiger charge is 2.50. The maximum Gasteiger partial charge on any atom is 0.338 e. The molecule has 1 N–H and O–H groups in total. The van der Waals surface area contributed by atoms with Gasteiger partial charge in [0.05, 0.1) is 35.3 Å². The van der Waals surface area contributed by atoms with Gasteiger partial charge in [0.15, 0.2) is 6.61 Å². The molecule has 1 aliphatic carbocycles. The molecule has 0 radical (unpaired) electrons. The molecule has 43 heavy (non-hydrogen) atoms. The molecule has 9 nitrogen and oxygen atoms in total. The van der Waals surface area contributed by atoms with Crippen molar-refractivity contribution in [2.75, 3.05) is 23.4 Å². The van der Waals surface area contributed by atoms with Crippen molar-refractivity contribution in [1.29, 1.82) is 0 Å². The Balaban J connectivity index is 1.17. The number of benzene rings is 3. The fourth-order valence-electron chi connectivity index (χ4n) is 5.66. The maximum absolute atomic E-state index is 13.4. The molecule has 3 atom stereocenters. The van der Waals surface area contributed by atoms with Crippen LogP contribution in [-0.2, 0) is 23.9 Å². The molecule has 0 spiro atoms. The smallest absolute Gasteiger partial charge is 0.338 e. The van der Waals surface area contributed by atoms with Gasteiger partial charge in [0.2, 0.25) is 11.8 Å². The third kappa shape index (κ3) is 6.83. The van der Waals surface area contributed by atoms with Crippen LogP contribution in [-0.4, -0.2) is 42.9 Å². The number of fused-ring (bicyclic) bond motifs is 1. The van der Waals surface area contributed by atoms with E-state index in [0.717, 1.165) is 6.42 Å². The van der Waals surface area contributed by atoms with Crippen molar-refractivity contribution in [3.63, 3.8) is 0 Å². The van der Waals surface area contributed by atoms with Crippen LogP contribution in [0.25, 0.3) is 0 Å². The van der Waals surface area contributed by atoms with Crippen molar-refractivity contribution in [3.8, 4) is 0 Å². The first-order chi connectivity index (χ1) is 20.7. The number of anilines is 2. The highest BCUT2D eigenvalue weighted by atomic mass is 16.5. The van der Waals surface area contributed by atoms with E-state index in [4.69, 9.17) is 9.47 Å². The number of carbonyl (C=O) groups excluding carboxylic acids is 5. The summed E-state index contributed by atoms with van der Waals surface area (Å²) in [5.41, 5.74) is 2.38. The van der Waals surface area contributed by atoms with Crippen LogP contribution in [0.4, 0.5) is 11.4 Å². The highest BCUT2D eigenvalue weighted by Crippen LogP contribution is 2.45. The molecule has 9 heteroatoms. The number of hydrogen-bond donors (Lipinski definition) is 1. The van der Waals surface area contributed by atoms with E-state index >= 15 is 0 Å². The zero-order chi connectivity index (χ0) is 30.5. The molecule has 1 aliphatic heterocycles. The number of esters is 2. The molecule has 222 valence electrons. The van der Waals surface area contributed by atoms with E-state index in [2.05, 4.69) is 17.4 Å². The minimum Gasteiger partial charge on any atom is -0.462 e. The van der Waals surface area contributed by atoms with E-state index < -0.39 is 30.4 Å².